The predicted octanol–water partition coefficient (Wildman–Crippen LogP) is 3.13. The first kappa shape index (κ1) is 12.4. The van der Waals surface area contributed by atoms with Crippen molar-refractivity contribution in [3.05, 3.63) is 0 Å². The third-order valence-corrected chi connectivity index (χ3v) is 4.38. The molecule has 0 radical (unpaired) electrons. The van der Waals surface area contributed by atoms with E-state index in [-0.39, 0.29) is 6.10 Å². The maximum Gasteiger partial charge on any atom is 0.0599 e. The molecule has 1 aliphatic carbocycles. The Hall–Kier alpha value is -0.0800. The van der Waals surface area contributed by atoms with Crippen LogP contribution in [-0.4, -0.2) is 23.9 Å². The van der Waals surface area contributed by atoms with Crippen LogP contribution in [0.4, 0.5) is 0 Å². The fourth-order valence-electron chi connectivity index (χ4n) is 3.13. The number of ether oxygens (including phenoxy) is 1. The number of hydrogen-bond acceptors (Lipinski definition) is 2. The van der Waals surface area contributed by atoms with Crippen LogP contribution in [0.3, 0.4) is 0 Å². The lowest BCUT2D eigenvalue weighted by Gasteiger charge is -2.32. The molecule has 0 aromatic rings. The van der Waals surface area contributed by atoms with Crippen LogP contribution in [0.2, 0.25) is 0 Å². The van der Waals surface area contributed by atoms with Crippen LogP contribution in [0.15, 0.2) is 0 Å². The summed E-state index contributed by atoms with van der Waals surface area (Å²) in [6, 6.07) is 0. The number of aliphatic hydroxyl groups excluding tert-OH is 1. The highest BCUT2D eigenvalue weighted by Crippen LogP contribution is 2.32. The van der Waals surface area contributed by atoms with Crippen molar-refractivity contribution in [2.24, 2.45) is 11.8 Å². The Labute approximate surface area is 99.4 Å². The van der Waals surface area contributed by atoms with Crippen molar-refractivity contribution >= 4 is 0 Å². The number of hydrogen-bond donors (Lipinski definition) is 1. The van der Waals surface area contributed by atoms with Crippen molar-refractivity contribution < 1.29 is 9.84 Å². The van der Waals surface area contributed by atoms with Gasteiger partial charge in [0.15, 0.2) is 0 Å². The molecule has 0 amide bonds. The van der Waals surface area contributed by atoms with E-state index in [4.69, 9.17) is 4.74 Å². The second-order valence-electron chi connectivity index (χ2n) is 5.81. The SMILES string of the molecule is CC1CCC(C(O)CC2CCCCO2)CC1. The van der Waals surface area contributed by atoms with Crippen LogP contribution in [0, 0.1) is 11.8 Å². The van der Waals surface area contributed by atoms with E-state index in [0.29, 0.717) is 12.0 Å². The quantitative estimate of drug-likeness (QED) is 0.801. The second kappa shape index (κ2) is 6.02. The van der Waals surface area contributed by atoms with Gasteiger partial charge in [-0.2, -0.15) is 0 Å². The van der Waals surface area contributed by atoms with Gasteiger partial charge in [-0.05, 0) is 50.4 Å². The summed E-state index contributed by atoms with van der Waals surface area (Å²) in [5.74, 6) is 1.41. The molecular weight excluding hydrogens is 200 g/mol. The molecule has 2 aliphatic rings. The van der Waals surface area contributed by atoms with E-state index < -0.39 is 0 Å². The zero-order valence-corrected chi connectivity index (χ0v) is 10.5. The average Bonchev–Trinajstić information content (AvgIpc) is 2.31. The third kappa shape index (κ3) is 3.46. The predicted molar refractivity (Wildman–Crippen MR) is 65.3 cm³/mol. The molecule has 2 nitrogen and oxygen atoms in total. The molecule has 2 unspecified atom stereocenters. The van der Waals surface area contributed by atoms with Crippen molar-refractivity contribution in [3.8, 4) is 0 Å². The van der Waals surface area contributed by atoms with Crippen LogP contribution in [0.25, 0.3) is 0 Å². The normalized spacial score (nSPS) is 38.2. The Bertz CT molecular complexity index is 191. The molecule has 2 heteroatoms. The van der Waals surface area contributed by atoms with Gasteiger partial charge in [-0.1, -0.05) is 19.8 Å². The van der Waals surface area contributed by atoms with Gasteiger partial charge in [0, 0.05) is 6.61 Å². The molecular formula is C14H26O2. The van der Waals surface area contributed by atoms with Crippen molar-refractivity contribution in [1.29, 1.82) is 0 Å². The van der Waals surface area contributed by atoms with E-state index >= 15 is 0 Å². The standard InChI is InChI=1S/C14H26O2/c1-11-5-7-12(8-6-11)14(15)10-13-4-2-3-9-16-13/h11-15H,2-10H2,1H3. The van der Waals surface area contributed by atoms with E-state index in [0.717, 1.165) is 25.4 Å². The fraction of sp³-hybridized carbons (Fsp3) is 1.00. The fourth-order valence-corrected chi connectivity index (χ4v) is 3.13. The molecule has 0 aromatic heterocycles. The van der Waals surface area contributed by atoms with E-state index in [9.17, 15) is 5.11 Å². The Kier molecular flexibility index (Phi) is 4.66. The van der Waals surface area contributed by atoms with Crippen LogP contribution in [0.1, 0.15) is 58.3 Å². The lowest BCUT2D eigenvalue weighted by Crippen LogP contribution is -2.31. The molecule has 1 saturated heterocycles. The minimum absolute atomic E-state index is 0.115. The smallest absolute Gasteiger partial charge is 0.0599 e. The summed E-state index contributed by atoms with van der Waals surface area (Å²) in [5.41, 5.74) is 0. The van der Waals surface area contributed by atoms with Crippen molar-refractivity contribution in [1.82, 2.24) is 0 Å². The summed E-state index contributed by atoms with van der Waals surface area (Å²) in [5, 5.41) is 10.2. The zero-order valence-electron chi connectivity index (χ0n) is 10.5. The minimum atomic E-state index is -0.115. The van der Waals surface area contributed by atoms with Crippen molar-refractivity contribution in [2.45, 2.75) is 70.5 Å². The van der Waals surface area contributed by atoms with E-state index in [1.165, 1.54) is 38.5 Å². The van der Waals surface area contributed by atoms with Gasteiger partial charge < -0.3 is 9.84 Å². The van der Waals surface area contributed by atoms with E-state index in [1.54, 1.807) is 0 Å². The van der Waals surface area contributed by atoms with Gasteiger partial charge in [0.25, 0.3) is 0 Å². The highest BCUT2D eigenvalue weighted by atomic mass is 16.5. The second-order valence-corrected chi connectivity index (χ2v) is 5.81. The van der Waals surface area contributed by atoms with E-state index in [2.05, 4.69) is 6.92 Å². The molecule has 0 spiro atoms. The van der Waals surface area contributed by atoms with Crippen LogP contribution in [-0.2, 0) is 4.74 Å². The van der Waals surface area contributed by atoms with Crippen LogP contribution >= 0.6 is 0 Å². The van der Waals surface area contributed by atoms with Gasteiger partial charge >= 0.3 is 0 Å². The third-order valence-electron chi connectivity index (χ3n) is 4.38. The molecule has 16 heavy (non-hydrogen) atoms. The lowest BCUT2D eigenvalue weighted by atomic mass is 9.79. The molecule has 2 rings (SSSR count). The molecule has 94 valence electrons. The van der Waals surface area contributed by atoms with Gasteiger partial charge in [-0.15, -0.1) is 0 Å². The maximum atomic E-state index is 10.2. The molecule has 2 atom stereocenters. The Morgan fingerprint density at radius 3 is 2.50 bits per heavy atom. The van der Waals surface area contributed by atoms with Crippen molar-refractivity contribution in [3.63, 3.8) is 0 Å². The lowest BCUT2D eigenvalue weighted by molar-refractivity contribution is -0.0331. The zero-order chi connectivity index (χ0) is 11.4. The molecule has 1 aliphatic heterocycles. The summed E-state index contributed by atoms with van der Waals surface area (Å²) < 4.78 is 5.70. The molecule has 1 saturated carbocycles. The van der Waals surface area contributed by atoms with Gasteiger partial charge in [0.1, 0.15) is 0 Å². The molecule has 1 heterocycles. The topological polar surface area (TPSA) is 29.5 Å². The number of aliphatic hydroxyl groups is 1. The first-order valence-electron chi connectivity index (χ1n) is 7.05. The molecule has 0 bridgehead atoms. The van der Waals surface area contributed by atoms with Crippen LogP contribution < -0.4 is 0 Å². The average molecular weight is 226 g/mol. The van der Waals surface area contributed by atoms with E-state index in [1.807, 2.05) is 0 Å². The monoisotopic (exact) mass is 226 g/mol. The Morgan fingerprint density at radius 1 is 1.12 bits per heavy atom. The van der Waals surface area contributed by atoms with Gasteiger partial charge in [-0.3, -0.25) is 0 Å². The van der Waals surface area contributed by atoms with Crippen LogP contribution in [0.5, 0.6) is 0 Å². The minimum Gasteiger partial charge on any atom is -0.393 e. The molecule has 2 fully saturated rings. The summed E-state index contributed by atoms with van der Waals surface area (Å²) in [7, 11) is 0. The molecule has 1 N–H and O–H groups in total. The van der Waals surface area contributed by atoms with Gasteiger partial charge in [0.2, 0.25) is 0 Å². The first-order valence-corrected chi connectivity index (χ1v) is 7.05. The maximum absolute atomic E-state index is 10.2. The van der Waals surface area contributed by atoms with Gasteiger partial charge in [-0.25, -0.2) is 0 Å². The Morgan fingerprint density at radius 2 is 1.88 bits per heavy atom. The summed E-state index contributed by atoms with van der Waals surface area (Å²) in [6.45, 7) is 3.23. The van der Waals surface area contributed by atoms with Crippen molar-refractivity contribution in [2.75, 3.05) is 6.61 Å². The summed E-state index contributed by atoms with van der Waals surface area (Å²) in [6.07, 6.45) is 9.76. The molecule has 0 aromatic carbocycles. The Balaban J connectivity index is 1.72. The first-order chi connectivity index (χ1) is 7.75. The summed E-state index contributed by atoms with van der Waals surface area (Å²) in [4.78, 5) is 0. The number of rotatable bonds is 3. The largest absolute Gasteiger partial charge is 0.393 e. The highest BCUT2D eigenvalue weighted by molar-refractivity contribution is 4.79. The van der Waals surface area contributed by atoms with Gasteiger partial charge in [0.05, 0.1) is 12.2 Å². The summed E-state index contributed by atoms with van der Waals surface area (Å²) >= 11 is 0. The highest BCUT2D eigenvalue weighted by Gasteiger charge is 2.27.